The van der Waals surface area contributed by atoms with E-state index in [0.717, 1.165) is 44.0 Å². The fourth-order valence-electron chi connectivity index (χ4n) is 3.74. The summed E-state index contributed by atoms with van der Waals surface area (Å²) in [6, 6.07) is 10.7. The fourth-order valence-corrected chi connectivity index (χ4v) is 5.04. The highest BCUT2D eigenvalue weighted by atomic mass is 35.5. The van der Waals surface area contributed by atoms with Crippen molar-refractivity contribution in [2.75, 3.05) is 65.1 Å². The molecule has 10 heteroatoms. The van der Waals surface area contributed by atoms with Crippen LogP contribution >= 0.6 is 22.9 Å². The van der Waals surface area contributed by atoms with Crippen LogP contribution in [0.4, 0.5) is 5.13 Å². The van der Waals surface area contributed by atoms with Crippen molar-refractivity contribution in [3.05, 3.63) is 41.4 Å². The predicted molar refractivity (Wildman–Crippen MR) is 134 cm³/mol. The van der Waals surface area contributed by atoms with Gasteiger partial charge < -0.3 is 18.9 Å². The number of morpholine rings is 1. The lowest BCUT2D eigenvalue weighted by Crippen LogP contribution is -2.40. The van der Waals surface area contributed by atoms with Gasteiger partial charge in [0.1, 0.15) is 22.8 Å². The van der Waals surface area contributed by atoms with Gasteiger partial charge in [0, 0.05) is 32.2 Å². The maximum absolute atomic E-state index is 13.3. The van der Waals surface area contributed by atoms with E-state index in [-0.39, 0.29) is 12.5 Å². The Balaban J connectivity index is 1.52. The van der Waals surface area contributed by atoms with Crippen LogP contribution in [0.2, 0.25) is 5.02 Å². The minimum Gasteiger partial charge on any atom is -0.497 e. The number of nitrogens with zero attached hydrogens (tertiary/aromatic N) is 3. The summed E-state index contributed by atoms with van der Waals surface area (Å²) in [4.78, 5) is 22.1. The van der Waals surface area contributed by atoms with E-state index >= 15 is 0 Å². The molecule has 182 valence electrons. The summed E-state index contributed by atoms with van der Waals surface area (Å²) in [5, 5.41) is 1.15. The van der Waals surface area contributed by atoms with Crippen molar-refractivity contribution in [2.45, 2.75) is 6.42 Å². The molecule has 1 fully saturated rings. The molecule has 4 rings (SSSR count). The van der Waals surface area contributed by atoms with Gasteiger partial charge in [0.2, 0.25) is 0 Å². The quantitative estimate of drug-likeness (QED) is 0.410. The molecular weight excluding hydrogens is 478 g/mol. The number of rotatable bonds is 10. The smallest absolute Gasteiger partial charge is 0.266 e. The Hall–Kier alpha value is -2.59. The third kappa shape index (κ3) is 5.90. The number of ether oxygens (including phenoxy) is 4. The van der Waals surface area contributed by atoms with Crippen molar-refractivity contribution in [1.29, 1.82) is 0 Å². The molecule has 0 spiro atoms. The van der Waals surface area contributed by atoms with Crippen LogP contribution in [0.25, 0.3) is 10.2 Å². The zero-order valence-electron chi connectivity index (χ0n) is 19.3. The number of anilines is 1. The van der Waals surface area contributed by atoms with Gasteiger partial charge in [0.25, 0.3) is 5.91 Å². The van der Waals surface area contributed by atoms with E-state index in [1.165, 1.54) is 11.3 Å². The first-order valence-corrected chi connectivity index (χ1v) is 12.3. The molecule has 1 aliphatic heterocycles. The van der Waals surface area contributed by atoms with E-state index < -0.39 is 0 Å². The standard InChI is InChI=1S/C24H28ClN3O5S/c1-30-17-5-3-6-18(15-17)33-16-21(29)28(10-4-9-27-11-13-32-14-12-27)24-26-22-20(31-2)8-7-19(25)23(22)34-24/h3,5-8,15H,4,9-14,16H2,1-2H3. The monoisotopic (exact) mass is 505 g/mol. The minimum absolute atomic E-state index is 0.120. The molecule has 0 unspecified atom stereocenters. The number of hydrogen-bond acceptors (Lipinski definition) is 8. The van der Waals surface area contributed by atoms with E-state index in [2.05, 4.69) is 4.90 Å². The van der Waals surface area contributed by atoms with E-state index in [1.54, 1.807) is 43.4 Å². The molecule has 2 heterocycles. The molecule has 0 radical (unpaired) electrons. The molecule has 1 amide bonds. The number of hydrogen-bond donors (Lipinski definition) is 0. The summed E-state index contributed by atoms with van der Waals surface area (Å²) >= 11 is 7.79. The van der Waals surface area contributed by atoms with Crippen LogP contribution < -0.4 is 19.1 Å². The van der Waals surface area contributed by atoms with Gasteiger partial charge in [-0.2, -0.15) is 0 Å². The maximum atomic E-state index is 13.3. The van der Waals surface area contributed by atoms with Gasteiger partial charge in [-0.3, -0.25) is 14.6 Å². The first-order chi connectivity index (χ1) is 16.6. The van der Waals surface area contributed by atoms with Crippen molar-refractivity contribution in [3.63, 3.8) is 0 Å². The number of carbonyl (C=O) groups is 1. The summed E-state index contributed by atoms with van der Waals surface area (Å²) in [5.74, 6) is 1.67. The van der Waals surface area contributed by atoms with Crippen LogP contribution in [-0.2, 0) is 9.53 Å². The van der Waals surface area contributed by atoms with E-state index in [1.807, 2.05) is 12.1 Å². The Morgan fingerprint density at radius 1 is 1.18 bits per heavy atom. The molecule has 34 heavy (non-hydrogen) atoms. The van der Waals surface area contributed by atoms with Gasteiger partial charge >= 0.3 is 0 Å². The lowest BCUT2D eigenvalue weighted by molar-refractivity contribution is -0.120. The summed E-state index contributed by atoms with van der Waals surface area (Å²) < 4.78 is 22.7. The number of thiazole rings is 1. The molecule has 0 atom stereocenters. The molecule has 2 aromatic carbocycles. The topological polar surface area (TPSA) is 73.4 Å². The molecule has 0 bridgehead atoms. The first-order valence-electron chi connectivity index (χ1n) is 11.1. The lowest BCUT2D eigenvalue weighted by atomic mass is 10.3. The maximum Gasteiger partial charge on any atom is 0.266 e. The van der Waals surface area contributed by atoms with Crippen LogP contribution in [0.5, 0.6) is 17.2 Å². The SMILES string of the molecule is COc1cccc(OCC(=O)N(CCCN2CCOCC2)c2nc3c(OC)ccc(Cl)c3s2)c1. The normalized spacial score (nSPS) is 14.2. The number of methoxy groups -OCH3 is 2. The van der Waals surface area contributed by atoms with Gasteiger partial charge in [-0.05, 0) is 30.7 Å². The molecule has 3 aromatic rings. The van der Waals surface area contributed by atoms with Crippen LogP contribution in [0.15, 0.2) is 36.4 Å². The molecule has 1 saturated heterocycles. The summed E-state index contributed by atoms with van der Waals surface area (Å²) in [7, 11) is 3.18. The van der Waals surface area contributed by atoms with Crippen molar-refractivity contribution in [3.8, 4) is 17.2 Å². The predicted octanol–water partition coefficient (Wildman–Crippen LogP) is 4.10. The van der Waals surface area contributed by atoms with Crippen molar-refractivity contribution >= 4 is 44.2 Å². The number of carbonyl (C=O) groups excluding carboxylic acids is 1. The van der Waals surface area contributed by atoms with Crippen LogP contribution in [0.1, 0.15) is 6.42 Å². The molecule has 0 N–H and O–H groups in total. The van der Waals surface area contributed by atoms with Crippen LogP contribution in [0.3, 0.4) is 0 Å². The molecule has 8 nitrogen and oxygen atoms in total. The number of aromatic nitrogens is 1. The highest BCUT2D eigenvalue weighted by Crippen LogP contribution is 2.38. The molecular formula is C24H28ClN3O5S. The largest absolute Gasteiger partial charge is 0.497 e. The van der Waals surface area contributed by atoms with Gasteiger partial charge in [0.05, 0.1) is 37.2 Å². The van der Waals surface area contributed by atoms with Crippen LogP contribution in [0, 0.1) is 0 Å². The van der Waals surface area contributed by atoms with Crippen molar-refractivity contribution in [1.82, 2.24) is 9.88 Å². The molecule has 0 aliphatic carbocycles. The highest BCUT2D eigenvalue weighted by molar-refractivity contribution is 7.23. The summed E-state index contributed by atoms with van der Waals surface area (Å²) in [5.41, 5.74) is 0.648. The third-order valence-electron chi connectivity index (χ3n) is 5.56. The van der Waals surface area contributed by atoms with E-state index in [0.29, 0.717) is 39.5 Å². The second-order valence-electron chi connectivity index (χ2n) is 7.74. The highest BCUT2D eigenvalue weighted by Gasteiger charge is 2.23. The van der Waals surface area contributed by atoms with Crippen LogP contribution in [-0.4, -0.2) is 76.0 Å². The van der Waals surface area contributed by atoms with Gasteiger partial charge in [-0.15, -0.1) is 0 Å². The second-order valence-corrected chi connectivity index (χ2v) is 9.13. The Kier molecular flexibility index (Phi) is 8.44. The fraction of sp³-hybridized carbons (Fsp3) is 0.417. The summed E-state index contributed by atoms with van der Waals surface area (Å²) in [6.07, 6.45) is 0.797. The Morgan fingerprint density at radius 2 is 1.97 bits per heavy atom. The Bertz CT molecular complexity index is 1120. The van der Waals surface area contributed by atoms with Gasteiger partial charge in [-0.25, -0.2) is 4.98 Å². The second kappa shape index (κ2) is 11.7. The number of halogens is 1. The van der Waals surface area contributed by atoms with Crippen molar-refractivity contribution < 1.29 is 23.7 Å². The average Bonchev–Trinajstić information content (AvgIpc) is 3.32. The van der Waals surface area contributed by atoms with Crippen molar-refractivity contribution in [2.24, 2.45) is 0 Å². The molecule has 0 saturated carbocycles. The summed E-state index contributed by atoms with van der Waals surface area (Å²) in [6.45, 7) is 4.56. The van der Waals surface area contributed by atoms with E-state index in [4.69, 9.17) is 35.5 Å². The number of fused-ring (bicyclic) bond motifs is 1. The molecule has 1 aromatic heterocycles. The minimum atomic E-state index is -0.182. The Morgan fingerprint density at radius 3 is 2.74 bits per heavy atom. The number of amides is 1. The van der Waals surface area contributed by atoms with Gasteiger partial charge in [0.15, 0.2) is 11.7 Å². The van der Waals surface area contributed by atoms with E-state index in [9.17, 15) is 4.79 Å². The zero-order chi connectivity index (χ0) is 23.9. The zero-order valence-corrected chi connectivity index (χ0v) is 20.9. The third-order valence-corrected chi connectivity index (χ3v) is 7.10. The Labute approximate surface area is 207 Å². The molecule has 1 aliphatic rings. The average molecular weight is 506 g/mol. The van der Waals surface area contributed by atoms with Gasteiger partial charge in [-0.1, -0.05) is 29.0 Å². The first kappa shape index (κ1) is 24.5. The number of benzene rings is 2. The lowest BCUT2D eigenvalue weighted by Gasteiger charge is -2.27.